The van der Waals surface area contributed by atoms with Gasteiger partial charge in [-0.25, -0.2) is 13.1 Å². The molecule has 1 heterocycles. The lowest BCUT2D eigenvalue weighted by Crippen LogP contribution is -2.27. The van der Waals surface area contributed by atoms with Crippen LogP contribution in [0.15, 0.2) is 23.1 Å². The van der Waals surface area contributed by atoms with Crippen molar-refractivity contribution >= 4 is 33.2 Å². The summed E-state index contributed by atoms with van der Waals surface area (Å²) in [5, 5.41) is 3.53. The zero-order chi connectivity index (χ0) is 13.9. The Kier molecular flexibility index (Phi) is 5.09. The van der Waals surface area contributed by atoms with Gasteiger partial charge in [0.05, 0.1) is 10.0 Å². The van der Waals surface area contributed by atoms with Gasteiger partial charge in [0.15, 0.2) is 0 Å². The van der Waals surface area contributed by atoms with Gasteiger partial charge in [-0.2, -0.15) is 0 Å². The smallest absolute Gasteiger partial charge is 0.243 e. The van der Waals surface area contributed by atoms with Gasteiger partial charge in [-0.05, 0) is 44.0 Å². The Hall–Kier alpha value is -0.330. The van der Waals surface area contributed by atoms with Gasteiger partial charge in [-0.15, -0.1) is 0 Å². The first-order chi connectivity index (χ1) is 9.00. The minimum absolute atomic E-state index is 0.0390. The van der Waals surface area contributed by atoms with Crippen LogP contribution in [0.2, 0.25) is 10.0 Å². The van der Waals surface area contributed by atoms with Crippen molar-refractivity contribution in [2.45, 2.75) is 17.7 Å². The average molecular weight is 323 g/mol. The Labute approximate surface area is 123 Å². The molecule has 1 saturated heterocycles. The Balaban J connectivity index is 2.01. The molecule has 0 aliphatic carbocycles. The van der Waals surface area contributed by atoms with Gasteiger partial charge in [-0.1, -0.05) is 29.3 Å². The van der Waals surface area contributed by atoms with Gasteiger partial charge < -0.3 is 5.32 Å². The molecule has 1 atom stereocenters. The predicted molar refractivity (Wildman–Crippen MR) is 77.2 cm³/mol. The summed E-state index contributed by atoms with van der Waals surface area (Å²) in [6.45, 7) is 2.36. The van der Waals surface area contributed by atoms with Gasteiger partial charge in [0.25, 0.3) is 0 Å². The van der Waals surface area contributed by atoms with E-state index in [0.717, 1.165) is 25.9 Å². The van der Waals surface area contributed by atoms with E-state index >= 15 is 0 Å². The third kappa shape index (κ3) is 3.83. The van der Waals surface area contributed by atoms with E-state index in [1.807, 2.05) is 0 Å². The molecule has 0 spiro atoms. The van der Waals surface area contributed by atoms with Gasteiger partial charge in [0, 0.05) is 6.54 Å². The van der Waals surface area contributed by atoms with Crippen LogP contribution in [-0.2, 0) is 10.0 Å². The van der Waals surface area contributed by atoms with E-state index in [1.165, 1.54) is 12.1 Å². The Bertz CT molecular complexity index is 522. The van der Waals surface area contributed by atoms with Crippen molar-refractivity contribution in [2.24, 2.45) is 5.92 Å². The summed E-state index contributed by atoms with van der Waals surface area (Å²) in [5.41, 5.74) is 0. The number of sulfonamides is 1. The summed E-state index contributed by atoms with van der Waals surface area (Å²) in [6.07, 6.45) is 1.91. The van der Waals surface area contributed by atoms with Crippen LogP contribution in [0.5, 0.6) is 0 Å². The zero-order valence-corrected chi connectivity index (χ0v) is 12.7. The summed E-state index contributed by atoms with van der Waals surface area (Å²) >= 11 is 11.8. The second-order valence-electron chi connectivity index (χ2n) is 4.60. The molecule has 0 radical (unpaired) electrons. The highest BCUT2D eigenvalue weighted by Gasteiger charge is 2.22. The van der Waals surface area contributed by atoms with Crippen molar-refractivity contribution in [3.05, 3.63) is 28.2 Å². The van der Waals surface area contributed by atoms with Crippen molar-refractivity contribution in [1.29, 1.82) is 0 Å². The van der Waals surface area contributed by atoms with Crippen LogP contribution in [0.3, 0.4) is 0 Å². The predicted octanol–water partition coefficient (Wildman–Crippen LogP) is 2.27. The molecule has 19 heavy (non-hydrogen) atoms. The molecule has 0 aromatic heterocycles. The van der Waals surface area contributed by atoms with Crippen LogP contribution in [0, 0.1) is 5.92 Å². The number of hydrogen-bond donors (Lipinski definition) is 2. The molecule has 1 fully saturated rings. The first-order valence-electron chi connectivity index (χ1n) is 6.15. The molecule has 1 aliphatic rings. The van der Waals surface area contributed by atoms with E-state index in [1.54, 1.807) is 6.07 Å². The van der Waals surface area contributed by atoms with Gasteiger partial charge in [0.2, 0.25) is 10.0 Å². The van der Waals surface area contributed by atoms with Crippen molar-refractivity contribution in [3.8, 4) is 0 Å². The third-order valence-electron chi connectivity index (χ3n) is 3.19. The maximum atomic E-state index is 12.2. The first kappa shape index (κ1) is 15.1. The van der Waals surface area contributed by atoms with E-state index in [4.69, 9.17) is 23.2 Å². The van der Waals surface area contributed by atoms with Crippen molar-refractivity contribution in [3.63, 3.8) is 0 Å². The van der Waals surface area contributed by atoms with Crippen LogP contribution >= 0.6 is 23.2 Å². The molecule has 4 nitrogen and oxygen atoms in total. The standard InChI is InChI=1S/C12H16Cl2N2O2S/c13-10-2-1-3-11(14)12(10)19(17,18)16-7-5-9-4-6-15-8-9/h1-3,9,15-16H,4-8H2/t9-/m0/s1. The van der Waals surface area contributed by atoms with E-state index in [9.17, 15) is 8.42 Å². The topological polar surface area (TPSA) is 58.2 Å². The van der Waals surface area contributed by atoms with Crippen LogP contribution in [-0.4, -0.2) is 28.1 Å². The quantitative estimate of drug-likeness (QED) is 0.874. The summed E-state index contributed by atoms with van der Waals surface area (Å²) in [6, 6.07) is 4.65. The fraction of sp³-hybridized carbons (Fsp3) is 0.500. The molecule has 1 aromatic carbocycles. The van der Waals surface area contributed by atoms with Crippen molar-refractivity contribution in [1.82, 2.24) is 10.0 Å². The average Bonchev–Trinajstić information content (AvgIpc) is 2.81. The minimum atomic E-state index is -3.65. The minimum Gasteiger partial charge on any atom is -0.316 e. The molecule has 0 saturated carbocycles. The summed E-state index contributed by atoms with van der Waals surface area (Å²) in [7, 11) is -3.65. The fourth-order valence-electron chi connectivity index (χ4n) is 2.17. The summed E-state index contributed by atoms with van der Waals surface area (Å²) in [4.78, 5) is -0.0390. The Morgan fingerprint density at radius 3 is 2.58 bits per heavy atom. The number of rotatable bonds is 5. The normalized spacial score (nSPS) is 19.8. The van der Waals surface area contributed by atoms with Crippen LogP contribution < -0.4 is 10.0 Å². The molecule has 0 amide bonds. The van der Waals surface area contributed by atoms with E-state index in [0.29, 0.717) is 12.5 Å². The first-order valence-corrected chi connectivity index (χ1v) is 8.39. The SMILES string of the molecule is O=S(=O)(NCC[C@@H]1CCNC1)c1c(Cl)cccc1Cl. The second-order valence-corrected chi connectivity index (χ2v) is 7.11. The molecule has 2 N–H and O–H groups in total. The summed E-state index contributed by atoms with van der Waals surface area (Å²) < 4.78 is 26.9. The summed E-state index contributed by atoms with van der Waals surface area (Å²) in [5.74, 6) is 0.532. The number of hydrogen-bond acceptors (Lipinski definition) is 3. The molecule has 1 aromatic rings. The molecule has 0 unspecified atom stereocenters. The highest BCUT2D eigenvalue weighted by Crippen LogP contribution is 2.28. The maximum Gasteiger partial charge on any atom is 0.243 e. The molecular weight excluding hydrogens is 307 g/mol. The van der Waals surface area contributed by atoms with E-state index < -0.39 is 10.0 Å². The van der Waals surface area contributed by atoms with Crippen molar-refractivity contribution < 1.29 is 8.42 Å². The lowest BCUT2D eigenvalue weighted by molar-refractivity contribution is 0.519. The Morgan fingerprint density at radius 1 is 1.32 bits per heavy atom. The van der Waals surface area contributed by atoms with Gasteiger partial charge >= 0.3 is 0 Å². The molecule has 2 rings (SSSR count). The van der Waals surface area contributed by atoms with Gasteiger partial charge in [0.1, 0.15) is 4.90 Å². The lowest BCUT2D eigenvalue weighted by Gasteiger charge is -2.12. The van der Waals surface area contributed by atoms with Crippen LogP contribution in [0.1, 0.15) is 12.8 Å². The molecule has 7 heteroatoms. The van der Waals surface area contributed by atoms with Crippen LogP contribution in [0.4, 0.5) is 0 Å². The highest BCUT2D eigenvalue weighted by molar-refractivity contribution is 7.89. The number of benzene rings is 1. The van der Waals surface area contributed by atoms with Crippen molar-refractivity contribution in [2.75, 3.05) is 19.6 Å². The zero-order valence-electron chi connectivity index (χ0n) is 10.3. The third-order valence-corrected chi connectivity index (χ3v) is 5.61. The second kappa shape index (κ2) is 6.41. The lowest BCUT2D eigenvalue weighted by atomic mass is 10.1. The number of nitrogens with one attached hydrogen (secondary N) is 2. The molecule has 0 bridgehead atoms. The molecule has 1 aliphatic heterocycles. The monoisotopic (exact) mass is 322 g/mol. The van der Waals surface area contributed by atoms with E-state index in [2.05, 4.69) is 10.0 Å². The fourth-order valence-corrected chi connectivity index (χ4v) is 4.36. The van der Waals surface area contributed by atoms with Crippen LogP contribution in [0.25, 0.3) is 0 Å². The number of halogens is 2. The highest BCUT2D eigenvalue weighted by atomic mass is 35.5. The Morgan fingerprint density at radius 2 is 2.00 bits per heavy atom. The molecular formula is C12H16Cl2N2O2S. The van der Waals surface area contributed by atoms with Gasteiger partial charge in [-0.3, -0.25) is 0 Å². The molecule has 106 valence electrons. The largest absolute Gasteiger partial charge is 0.316 e. The maximum absolute atomic E-state index is 12.2. The van der Waals surface area contributed by atoms with E-state index in [-0.39, 0.29) is 14.9 Å².